The molecule has 4 heteroatoms. The molecule has 2 heterocycles. The van der Waals surface area contributed by atoms with Crippen molar-refractivity contribution in [3.05, 3.63) is 42.4 Å². The van der Waals surface area contributed by atoms with Crippen LogP contribution in [0.1, 0.15) is 5.76 Å². The van der Waals surface area contributed by atoms with Crippen molar-refractivity contribution in [3.63, 3.8) is 0 Å². The summed E-state index contributed by atoms with van der Waals surface area (Å²) in [5, 5.41) is 8.57. The van der Waals surface area contributed by atoms with Gasteiger partial charge in [0.15, 0.2) is 0 Å². The van der Waals surface area contributed by atoms with E-state index in [1.54, 1.807) is 30.6 Å². The molecule has 0 saturated heterocycles. The topological polar surface area (TPSA) is 63.3 Å². The van der Waals surface area contributed by atoms with Crippen LogP contribution in [0, 0.1) is 0 Å². The van der Waals surface area contributed by atoms with Gasteiger partial charge in [0.1, 0.15) is 17.9 Å². The van der Waals surface area contributed by atoms with E-state index in [1.165, 1.54) is 0 Å². The number of carbonyl (C=O) groups is 1. The highest BCUT2D eigenvalue weighted by Gasteiger charge is 2.07. The minimum Gasteiger partial charge on any atom is -0.481 e. The molecule has 0 saturated carbocycles. The molecular formula is C11H9NO3. The highest BCUT2D eigenvalue weighted by atomic mass is 16.4. The van der Waals surface area contributed by atoms with E-state index in [0.717, 1.165) is 5.56 Å². The summed E-state index contributed by atoms with van der Waals surface area (Å²) in [4.78, 5) is 14.4. The SMILES string of the molecule is O=C(O)Cc1ccc(-c2cccnc2)o1. The summed E-state index contributed by atoms with van der Waals surface area (Å²) in [5.41, 5.74) is 0.842. The smallest absolute Gasteiger partial charge is 0.311 e. The second-order valence-electron chi connectivity index (χ2n) is 3.08. The summed E-state index contributed by atoms with van der Waals surface area (Å²) < 4.78 is 5.36. The molecule has 0 atom stereocenters. The fraction of sp³-hybridized carbons (Fsp3) is 0.0909. The van der Waals surface area contributed by atoms with E-state index >= 15 is 0 Å². The number of aliphatic carboxylic acids is 1. The number of hydrogen-bond acceptors (Lipinski definition) is 3. The molecule has 76 valence electrons. The molecule has 0 fully saturated rings. The van der Waals surface area contributed by atoms with Gasteiger partial charge in [0.05, 0.1) is 0 Å². The molecule has 0 aromatic carbocycles. The van der Waals surface area contributed by atoms with Gasteiger partial charge in [-0.1, -0.05) is 0 Å². The van der Waals surface area contributed by atoms with Gasteiger partial charge in [-0.3, -0.25) is 9.78 Å². The lowest BCUT2D eigenvalue weighted by Crippen LogP contribution is -1.97. The third kappa shape index (κ3) is 2.22. The molecule has 2 aromatic heterocycles. The van der Waals surface area contributed by atoms with Gasteiger partial charge in [-0.05, 0) is 24.3 Å². The Hall–Kier alpha value is -2.10. The first kappa shape index (κ1) is 9.45. The summed E-state index contributed by atoms with van der Waals surface area (Å²) >= 11 is 0. The highest BCUT2D eigenvalue weighted by Crippen LogP contribution is 2.21. The molecule has 4 nitrogen and oxygen atoms in total. The fourth-order valence-electron chi connectivity index (χ4n) is 1.29. The van der Waals surface area contributed by atoms with Gasteiger partial charge in [-0.25, -0.2) is 0 Å². The molecule has 0 unspecified atom stereocenters. The number of carboxylic acids is 1. The van der Waals surface area contributed by atoms with Gasteiger partial charge in [0, 0.05) is 18.0 Å². The minimum atomic E-state index is -0.901. The van der Waals surface area contributed by atoms with Gasteiger partial charge in [-0.15, -0.1) is 0 Å². The first-order valence-corrected chi connectivity index (χ1v) is 4.46. The Morgan fingerprint density at radius 1 is 1.40 bits per heavy atom. The molecule has 0 aliphatic rings. The van der Waals surface area contributed by atoms with E-state index < -0.39 is 5.97 Å². The average Bonchev–Trinajstić information content (AvgIpc) is 2.67. The second kappa shape index (κ2) is 3.96. The predicted molar refractivity (Wildman–Crippen MR) is 53.3 cm³/mol. The predicted octanol–water partition coefficient (Wildman–Crippen LogP) is 1.97. The molecule has 0 aliphatic carbocycles. The van der Waals surface area contributed by atoms with Crippen molar-refractivity contribution >= 4 is 5.97 Å². The van der Waals surface area contributed by atoms with Gasteiger partial charge < -0.3 is 9.52 Å². The molecule has 0 radical (unpaired) electrons. The van der Waals surface area contributed by atoms with Crippen molar-refractivity contribution < 1.29 is 14.3 Å². The zero-order valence-electron chi connectivity index (χ0n) is 7.88. The first-order valence-electron chi connectivity index (χ1n) is 4.46. The van der Waals surface area contributed by atoms with Crippen LogP contribution in [-0.2, 0) is 11.2 Å². The van der Waals surface area contributed by atoms with E-state index in [1.807, 2.05) is 6.07 Å². The number of nitrogens with zero attached hydrogens (tertiary/aromatic N) is 1. The van der Waals surface area contributed by atoms with Gasteiger partial charge in [0.25, 0.3) is 0 Å². The van der Waals surface area contributed by atoms with Crippen LogP contribution in [0.5, 0.6) is 0 Å². The monoisotopic (exact) mass is 203 g/mol. The fourth-order valence-corrected chi connectivity index (χ4v) is 1.29. The summed E-state index contributed by atoms with van der Waals surface area (Å²) in [6.45, 7) is 0. The molecule has 0 bridgehead atoms. The van der Waals surface area contributed by atoms with Crippen LogP contribution in [0.2, 0.25) is 0 Å². The van der Waals surface area contributed by atoms with E-state index in [9.17, 15) is 4.79 Å². The lowest BCUT2D eigenvalue weighted by Gasteiger charge is -1.94. The number of carboxylic acid groups (broad SMARTS) is 1. The van der Waals surface area contributed by atoms with Crippen molar-refractivity contribution in [2.24, 2.45) is 0 Å². The molecule has 0 spiro atoms. The summed E-state index contributed by atoms with van der Waals surface area (Å²) in [6, 6.07) is 7.07. The van der Waals surface area contributed by atoms with Crippen LogP contribution >= 0.6 is 0 Å². The van der Waals surface area contributed by atoms with Crippen LogP contribution in [0.4, 0.5) is 0 Å². The Balaban J connectivity index is 2.24. The standard InChI is InChI=1S/C11H9NO3/c13-11(14)6-9-3-4-10(15-9)8-2-1-5-12-7-8/h1-5,7H,6H2,(H,13,14). The summed E-state index contributed by atoms with van der Waals surface area (Å²) in [6.07, 6.45) is 3.24. The Kier molecular flexibility index (Phi) is 2.49. The molecular weight excluding hydrogens is 194 g/mol. The van der Waals surface area contributed by atoms with Crippen molar-refractivity contribution in [2.45, 2.75) is 6.42 Å². The molecule has 0 aliphatic heterocycles. The van der Waals surface area contributed by atoms with E-state index in [-0.39, 0.29) is 6.42 Å². The lowest BCUT2D eigenvalue weighted by molar-refractivity contribution is -0.136. The number of pyridine rings is 1. The Bertz CT molecular complexity index is 462. The number of aromatic nitrogens is 1. The quantitative estimate of drug-likeness (QED) is 0.828. The second-order valence-corrected chi connectivity index (χ2v) is 3.08. The maximum atomic E-state index is 10.4. The molecule has 2 rings (SSSR count). The van der Waals surface area contributed by atoms with Crippen LogP contribution in [0.15, 0.2) is 41.1 Å². The molecule has 0 amide bonds. The van der Waals surface area contributed by atoms with Crippen molar-refractivity contribution in [1.82, 2.24) is 4.98 Å². The van der Waals surface area contributed by atoms with Gasteiger partial charge in [0.2, 0.25) is 0 Å². The minimum absolute atomic E-state index is 0.0970. The normalized spacial score (nSPS) is 10.1. The maximum Gasteiger partial charge on any atom is 0.311 e. The first-order chi connectivity index (χ1) is 7.25. The van der Waals surface area contributed by atoms with E-state index in [4.69, 9.17) is 9.52 Å². The molecule has 1 N–H and O–H groups in total. The van der Waals surface area contributed by atoms with Crippen LogP contribution in [-0.4, -0.2) is 16.1 Å². The third-order valence-corrected chi connectivity index (χ3v) is 1.93. The van der Waals surface area contributed by atoms with Crippen molar-refractivity contribution in [1.29, 1.82) is 0 Å². The zero-order valence-corrected chi connectivity index (χ0v) is 7.88. The van der Waals surface area contributed by atoms with Crippen LogP contribution in [0.3, 0.4) is 0 Å². The van der Waals surface area contributed by atoms with Gasteiger partial charge >= 0.3 is 5.97 Å². The number of hydrogen-bond donors (Lipinski definition) is 1. The zero-order chi connectivity index (χ0) is 10.7. The van der Waals surface area contributed by atoms with Gasteiger partial charge in [-0.2, -0.15) is 0 Å². The summed E-state index contributed by atoms with van der Waals surface area (Å²) in [7, 11) is 0. The molecule has 15 heavy (non-hydrogen) atoms. The van der Waals surface area contributed by atoms with Crippen LogP contribution < -0.4 is 0 Å². The largest absolute Gasteiger partial charge is 0.481 e. The number of rotatable bonds is 3. The van der Waals surface area contributed by atoms with Crippen molar-refractivity contribution in [2.75, 3.05) is 0 Å². The van der Waals surface area contributed by atoms with Crippen LogP contribution in [0.25, 0.3) is 11.3 Å². The Labute approximate surface area is 86.2 Å². The average molecular weight is 203 g/mol. The summed E-state index contributed by atoms with van der Waals surface area (Å²) in [5.74, 6) is 0.183. The Morgan fingerprint density at radius 3 is 2.93 bits per heavy atom. The van der Waals surface area contributed by atoms with Crippen molar-refractivity contribution in [3.8, 4) is 11.3 Å². The Morgan fingerprint density at radius 2 is 2.27 bits per heavy atom. The lowest BCUT2D eigenvalue weighted by atomic mass is 10.2. The maximum absolute atomic E-state index is 10.4. The highest BCUT2D eigenvalue weighted by molar-refractivity contribution is 5.69. The third-order valence-electron chi connectivity index (χ3n) is 1.93. The van der Waals surface area contributed by atoms with E-state index in [0.29, 0.717) is 11.5 Å². The number of furan rings is 1. The van der Waals surface area contributed by atoms with E-state index in [2.05, 4.69) is 4.98 Å². The molecule has 2 aromatic rings.